The highest BCUT2D eigenvalue weighted by Crippen LogP contribution is 2.17. The molecule has 5 nitrogen and oxygen atoms in total. The largest absolute Gasteiger partial charge is 0.488 e. The molecule has 0 saturated heterocycles. The topological polar surface area (TPSA) is 61.3 Å². The fourth-order valence-electron chi connectivity index (χ4n) is 2.21. The predicted molar refractivity (Wildman–Crippen MR) is 87.9 cm³/mol. The van der Waals surface area contributed by atoms with E-state index >= 15 is 0 Å². The fraction of sp³-hybridized carbons (Fsp3) is 0.389. The number of hydrogen-bond acceptors (Lipinski definition) is 5. The van der Waals surface area contributed by atoms with Gasteiger partial charge >= 0.3 is 0 Å². The average molecular weight is 314 g/mol. The number of ether oxygens (including phenoxy) is 2. The van der Waals surface area contributed by atoms with Gasteiger partial charge in [-0.1, -0.05) is 6.07 Å². The molecule has 0 saturated carbocycles. The van der Waals surface area contributed by atoms with E-state index < -0.39 is 0 Å². The van der Waals surface area contributed by atoms with E-state index in [1.807, 2.05) is 39.0 Å². The molecule has 5 heteroatoms. The minimum absolute atomic E-state index is 0.0747. The molecule has 0 aliphatic carbocycles. The van der Waals surface area contributed by atoms with Crippen LogP contribution < -0.4 is 4.74 Å². The van der Waals surface area contributed by atoms with Crippen molar-refractivity contribution in [1.82, 2.24) is 9.97 Å². The number of carbonyl (C=O) groups excluding carboxylic acids is 1. The van der Waals surface area contributed by atoms with Gasteiger partial charge in [0.05, 0.1) is 13.0 Å². The maximum absolute atomic E-state index is 12.4. The number of pyridine rings is 2. The third-order valence-corrected chi connectivity index (χ3v) is 3.27. The van der Waals surface area contributed by atoms with Crippen molar-refractivity contribution >= 4 is 5.78 Å². The number of rotatable bonds is 7. The van der Waals surface area contributed by atoms with Gasteiger partial charge in [-0.3, -0.25) is 9.78 Å². The average Bonchev–Trinajstić information content (AvgIpc) is 2.49. The summed E-state index contributed by atoms with van der Waals surface area (Å²) in [7, 11) is 1.63. The molecule has 1 atom stereocenters. The highest BCUT2D eigenvalue weighted by atomic mass is 16.5. The number of Topliss-reactive ketones (excluding diaryl/α,β-unsaturated/α-hetero) is 1. The summed E-state index contributed by atoms with van der Waals surface area (Å²) in [6, 6.07) is 7.30. The van der Waals surface area contributed by atoms with Crippen LogP contribution in [0.4, 0.5) is 0 Å². The van der Waals surface area contributed by atoms with Crippen molar-refractivity contribution in [2.75, 3.05) is 13.7 Å². The fourth-order valence-corrected chi connectivity index (χ4v) is 2.21. The first-order valence-corrected chi connectivity index (χ1v) is 7.57. The van der Waals surface area contributed by atoms with E-state index in [0.29, 0.717) is 18.1 Å². The van der Waals surface area contributed by atoms with Crippen LogP contribution in [0.1, 0.15) is 34.4 Å². The highest BCUT2D eigenvalue weighted by molar-refractivity contribution is 5.95. The quantitative estimate of drug-likeness (QED) is 0.735. The van der Waals surface area contributed by atoms with Crippen LogP contribution in [0.25, 0.3) is 0 Å². The first kappa shape index (κ1) is 17.1. The number of nitrogens with zero attached hydrogens (tertiary/aromatic N) is 2. The predicted octanol–water partition coefficient (Wildman–Crippen LogP) is 2.93. The van der Waals surface area contributed by atoms with Crippen molar-refractivity contribution in [2.45, 2.75) is 33.3 Å². The summed E-state index contributed by atoms with van der Waals surface area (Å²) in [5.41, 5.74) is 2.94. The normalized spacial score (nSPS) is 12.0. The molecule has 2 aromatic rings. The van der Waals surface area contributed by atoms with Crippen LogP contribution in [-0.4, -0.2) is 35.6 Å². The van der Waals surface area contributed by atoms with Gasteiger partial charge in [-0.25, -0.2) is 4.98 Å². The molecule has 2 aromatic heterocycles. The molecule has 0 aliphatic heterocycles. The van der Waals surface area contributed by atoms with Crippen molar-refractivity contribution in [3.63, 3.8) is 0 Å². The van der Waals surface area contributed by atoms with Gasteiger partial charge in [0.15, 0.2) is 5.78 Å². The van der Waals surface area contributed by atoms with Crippen molar-refractivity contribution in [3.05, 3.63) is 53.1 Å². The molecule has 0 unspecified atom stereocenters. The summed E-state index contributed by atoms with van der Waals surface area (Å²) in [5.74, 6) is 0.552. The molecule has 2 rings (SSSR count). The van der Waals surface area contributed by atoms with E-state index in [0.717, 1.165) is 17.0 Å². The highest BCUT2D eigenvalue weighted by Gasteiger charge is 2.13. The molecule has 122 valence electrons. The maximum atomic E-state index is 12.4. The van der Waals surface area contributed by atoms with Crippen LogP contribution in [0.3, 0.4) is 0 Å². The molecule has 2 heterocycles. The summed E-state index contributed by atoms with van der Waals surface area (Å²) in [6.45, 7) is 6.20. The lowest BCUT2D eigenvalue weighted by Gasteiger charge is -2.14. The zero-order chi connectivity index (χ0) is 16.8. The third kappa shape index (κ3) is 5.14. The molecule has 0 aliphatic rings. The van der Waals surface area contributed by atoms with Crippen LogP contribution in [0.15, 0.2) is 30.5 Å². The Bertz CT molecular complexity index is 668. The Morgan fingerprint density at radius 3 is 2.70 bits per heavy atom. The standard InChI is InChI=1S/C18H22N2O3/c1-12-5-6-15(19-10-12)8-18(21)17-9-16(7-13(2)20-17)23-14(3)11-22-4/h5-7,9-10,14H,8,11H2,1-4H3/t14-/m1/s1. The van der Waals surface area contributed by atoms with Gasteiger partial charge in [0.1, 0.15) is 17.5 Å². The monoisotopic (exact) mass is 314 g/mol. The molecule has 0 spiro atoms. The molecule has 0 amide bonds. The summed E-state index contributed by atoms with van der Waals surface area (Å²) >= 11 is 0. The summed E-state index contributed by atoms with van der Waals surface area (Å²) in [5, 5.41) is 0. The number of aryl methyl sites for hydroxylation is 2. The SMILES string of the molecule is COC[C@@H](C)Oc1cc(C)nc(C(=O)Cc2ccc(C)cn2)c1. The number of carbonyl (C=O) groups is 1. The van der Waals surface area contributed by atoms with Crippen molar-refractivity contribution in [3.8, 4) is 5.75 Å². The number of ketones is 1. The Morgan fingerprint density at radius 1 is 1.26 bits per heavy atom. The summed E-state index contributed by atoms with van der Waals surface area (Å²) in [4.78, 5) is 21.0. The Hall–Kier alpha value is -2.27. The molecule has 0 aromatic carbocycles. The second-order valence-electron chi connectivity index (χ2n) is 5.64. The first-order valence-electron chi connectivity index (χ1n) is 7.57. The van der Waals surface area contributed by atoms with Crippen molar-refractivity contribution < 1.29 is 14.3 Å². The third-order valence-electron chi connectivity index (χ3n) is 3.27. The number of hydrogen-bond donors (Lipinski definition) is 0. The van der Waals surface area contributed by atoms with E-state index in [9.17, 15) is 4.79 Å². The minimum atomic E-state index is -0.0940. The molecule has 0 radical (unpaired) electrons. The molecular formula is C18H22N2O3. The Morgan fingerprint density at radius 2 is 2.04 bits per heavy atom. The Balaban J connectivity index is 2.13. The molecule has 0 N–H and O–H groups in total. The van der Waals surface area contributed by atoms with E-state index in [4.69, 9.17) is 9.47 Å². The van der Waals surface area contributed by atoms with E-state index in [-0.39, 0.29) is 18.3 Å². The number of aromatic nitrogens is 2. The lowest BCUT2D eigenvalue weighted by Crippen LogP contribution is -2.18. The summed E-state index contributed by atoms with van der Waals surface area (Å²) in [6.07, 6.45) is 1.89. The smallest absolute Gasteiger partial charge is 0.187 e. The zero-order valence-corrected chi connectivity index (χ0v) is 14.0. The van der Waals surface area contributed by atoms with Crippen LogP contribution in [-0.2, 0) is 11.2 Å². The van der Waals surface area contributed by atoms with Gasteiger partial charge < -0.3 is 9.47 Å². The van der Waals surface area contributed by atoms with Crippen molar-refractivity contribution in [1.29, 1.82) is 0 Å². The van der Waals surface area contributed by atoms with Crippen molar-refractivity contribution in [2.24, 2.45) is 0 Å². The van der Waals surface area contributed by atoms with Gasteiger partial charge in [0.25, 0.3) is 0 Å². The molecule has 23 heavy (non-hydrogen) atoms. The maximum Gasteiger partial charge on any atom is 0.187 e. The Kier molecular flexibility index (Phi) is 5.82. The van der Waals surface area contributed by atoms with Gasteiger partial charge in [0, 0.05) is 36.8 Å². The van der Waals surface area contributed by atoms with E-state index in [1.54, 1.807) is 19.4 Å². The second kappa shape index (κ2) is 7.83. The van der Waals surface area contributed by atoms with E-state index in [2.05, 4.69) is 9.97 Å². The molecule has 0 bridgehead atoms. The second-order valence-corrected chi connectivity index (χ2v) is 5.64. The van der Waals surface area contributed by atoms with Crippen LogP contribution in [0.2, 0.25) is 0 Å². The lowest BCUT2D eigenvalue weighted by molar-refractivity contribution is 0.0913. The lowest BCUT2D eigenvalue weighted by atomic mass is 10.1. The van der Waals surface area contributed by atoms with Crippen LogP contribution in [0, 0.1) is 13.8 Å². The van der Waals surface area contributed by atoms with Gasteiger partial charge in [0.2, 0.25) is 0 Å². The minimum Gasteiger partial charge on any atom is -0.488 e. The molecular weight excluding hydrogens is 292 g/mol. The van der Waals surface area contributed by atoms with Crippen LogP contribution >= 0.6 is 0 Å². The number of methoxy groups -OCH3 is 1. The Labute approximate surface area is 136 Å². The van der Waals surface area contributed by atoms with Gasteiger partial charge in [-0.15, -0.1) is 0 Å². The first-order chi connectivity index (χ1) is 11.0. The van der Waals surface area contributed by atoms with E-state index in [1.165, 1.54) is 0 Å². The zero-order valence-electron chi connectivity index (χ0n) is 14.0. The van der Waals surface area contributed by atoms with Gasteiger partial charge in [-0.05, 0) is 32.4 Å². The van der Waals surface area contributed by atoms with Gasteiger partial charge in [-0.2, -0.15) is 0 Å². The summed E-state index contributed by atoms with van der Waals surface area (Å²) < 4.78 is 10.8. The van der Waals surface area contributed by atoms with Crippen LogP contribution in [0.5, 0.6) is 5.75 Å². The molecule has 0 fully saturated rings.